The molecule has 2 aromatic carbocycles. The molecular formula is C23H19ClN6O2. The summed E-state index contributed by atoms with van der Waals surface area (Å²) >= 11 is 6.45. The molecule has 0 amide bonds. The Balaban J connectivity index is 1.72. The van der Waals surface area contributed by atoms with E-state index in [0.717, 1.165) is 27.1 Å². The van der Waals surface area contributed by atoms with E-state index in [2.05, 4.69) is 4.98 Å². The van der Waals surface area contributed by atoms with Gasteiger partial charge in [-0.05, 0) is 23.7 Å². The lowest BCUT2D eigenvalue weighted by Crippen LogP contribution is -2.37. The lowest BCUT2D eigenvalue weighted by Gasteiger charge is -2.08. The number of benzene rings is 2. The summed E-state index contributed by atoms with van der Waals surface area (Å²) in [6.07, 6.45) is 1.92. The van der Waals surface area contributed by atoms with Crippen LogP contribution in [0.5, 0.6) is 0 Å². The van der Waals surface area contributed by atoms with Crippen molar-refractivity contribution in [3.05, 3.63) is 98.5 Å². The molecule has 0 bridgehead atoms. The normalized spacial score (nSPS) is 11.3. The monoisotopic (exact) mass is 446 g/mol. The molecule has 3 heterocycles. The van der Waals surface area contributed by atoms with Crippen LogP contribution in [0.15, 0.2) is 76.4 Å². The molecule has 160 valence electrons. The molecule has 5 rings (SSSR count). The van der Waals surface area contributed by atoms with Crippen molar-refractivity contribution in [1.82, 2.24) is 28.5 Å². The van der Waals surface area contributed by atoms with E-state index >= 15 is 0 Å². The number of aryl methyl sites for hydroxylation is 1. The summed E-state index contributed by atoms with van der Waals surface area (Å²) in [5, 5.41) is 4.94. The minimum Gasteiger partial charge on any atom is -0.304 e. The van der Waals surface area contributed by atoms with E-state index in [1.807, 2.05) is 66.9 Å². The van der Waals surface area contributed by atoms with Gasteiger partial charge in [0.1, 0.15) is 0 Å². The maximum absolute atomic E-state index is 12.9. The molecule has 32 heavy (non-hydrogen) atoms. The molecule has 0 spiro atoms. The van der Waals surface area contributed by atoms with Crippen LogP contribution in [0.25, 0.3) is 28.1 Å². The van der Waals surface area contributed by atoms with E-state index in [1.54, 1.807) is 16.3 Å². The highest BCUT2D eigenvalue weighted by atomic mass is 35.5. The first-order valence-electron chi connectivity index (χ1n) is 9.97. The van der Waals surface area contributed by atoms with Gasteiger partial charge in [0, 0.05) is 31.4 Å². The third kappa shape index (κ3) is 3.16. The van der Waals surface area contributed by atoms with Gasteiger partial charge in [-0.25, -0.2) is 9.48 Å². The number of fused-ring (bicyclic) bond motifs is 1. The molecule has 9 heteroatoms. The van der Waals surface area contributed by atoms with Gasteiger partial charge in [-0.15, -0.1) is 0 Å². The van der Waals surface area contributed by atoms with Gasteiger partial charge >= 0.3 is 5.69 Å². The summed E-state index contributed by atoms with van der Waals surface area (Å²) in [4.78, 5) is 29.5. The molecule has 0 N–H and O–H groups in total. The van der Waals surface area contributed by atoms with Crippen molar-refractivity contribution in [3.63, 3.8) is 0 Å². The number of hydrogen-bond acceptors (Lipinski definition) is 4. The van der Waals surface area contributed by atoms with Crippen LogP contribution in [0.3, 0.4) is 0 Å². The molecule has 0 radical (unpaired) electrons. The molecule has 0 unspecified atom stereocenters. The zero-order chi connectivity index (χ0) is 22.4. The van der Waals surface area contributed by atoms with Crippen LogP contribution >= 0.6 is 11.6 Å². The van der Waals surface area contributed by atoms with Gasteiger partial charge in [0.25, 0.3) is 5.56 Å². The fraction of sp³-hybridized carbons (Fsp3) is 0.130. The van der Waals surface area contributed by atoms with Crippen molar-refractivity contribution >= 4 is 22.8 Å². The zero-order valence-electron chi connectivity index (χ0n) is 17.4. The van der Waals surface area contributed by atoms with E-state index in [4.69, 9.17) is 16.7 Å². The minimum absolute atomic E-state index is 0.129. The van der Waals surface area contributed by atoms with Crippen molar-refractivity contribution < 1.29 is 0 Å². The summed E-state index contributed by atoms with van der Waals surface area (Å²) in [6, 6.07) is 19.6. The summed E-state index contributed by atoms with van der Waals surface area (Å²) in [7, 11) is 3.01. The average molecular weight is 447 g/mol. The van der Waals surface area contributed by atoms with Crippen LogP contribution in [0, 0.1) is 0 Å². The summed E-state index contributed by atoms with van der Waals surface area (Å²) in [5.41, 5.74) is 3.11. The number of imidazole rings is 1. The Labute approximate surface area is 187 Å². The molecule has 0 aliphatic carbocycles. The fourth-order valence-electron chi connectivity index (χ4n) is 3.81. The second-order valence-corrected chi connectivity index (χ2v) is 7.83. The highest BCUT2D eigenvalue weighted by Gasteiger charge is 2.21. The van der Waals surface area contributed by atoms with E-state index < -0.39 is 11.2 Å². The first-order valence-corrected chi connectivity index (χ1v) is 10.3. The van der Waals surface area contributed by atoms with E-state index in [-0.39, 0.29) is 23.0 Å². The second-order valence-electron chi connectivity index (χ2n) is 7.49. The molecule has 8 nitrogen and oxygen atoms in total. The highest BCUT2D eigenvalue weighted by Crippen LogP contribution is 2.26. The van der Waals surface area contributed by atoms with Crippen LogP contribution in [0.1, 0.15) is 5.56 Å². The molecular weight excluding hydrogens is 428 g/mol. The lowest BCUT2D eigenvalue weighted by molar-refractivity contribution is 0.702. The Kier molecular flexibility index (Phi) is 4.79. The molecule has 0 aliphatic heterocycles. The predicted molar refractivity (Wildman–Crippen MR) is 123 cm³/mol. The molecule has 0 fully saturated rings. The van der Waals surface area contributed by atoms with Gasteiger partial charge in [0.2, 0.25) is 5.28 Å². The number of halogens is 1. The van der Waals surface area contributed by atoms with Crippen molar-refractivity contribution in [3.8, 4) is 16.9 Å². The maximum atomic E-state index is 12.9. The van der Waals surface area contributed by atoms with Crippen LogP contribution < -0.4 is 11.2 Å². The maximum Gasteiger partial charge on any atom is 0.332 e. The topological polar surface area (TPSA) is 79.6 Å². The Bertz CT molecular complexity index is 1560. The Morgan fingerprint density at radius 3 is 2.25 bits per heavy atom. The number of aromatic nitrogens is 6. The van der Waals surface area contributed by atoms with Gasteiger partial charge < -0.3 is 4.57 Å². The Hall–Kier alpha value is -3.91. The smallest absolute Gasteiger partial charge is 0.304 e. The zero-order valence-corrected chi connectivity index (χ0v) is 18.2. The third-order valence-corrected chi connectivity index (χ3v) is 5.78. The molecule has 5 aromatic rings. The molecule has 0 saturated carbocycles. The quantitative estimate of drug-likeness (QED) is 0.397. The van der Waals surface area contributed by atoms with Gasteiger partial charge in [-0.2, -0.15) is 10.1 Å². The first kappa shape index (κ1) is 20.0. The van der Waals surface area contributed by atoms with Crippen molar-refractivity contribution in [2.75, 3.05) is 0 Å². The minimum atomic E-state index is -0.453. The Morgan fingerprint density at radius 1 is 0.906 bits per heavy atom. The number of para-hydroxylation sites is 1. The predicted octanol–water partition coefficient (Wildman–Crippen LogP) is 2.99. The third-order valence-electron chi connectivity index (χ3n) is 5.49. The summed E-state index contributed by atoms with van der Waals surface area (Å²) in [5.74, 6) is 0. The molecule has 0 atom stereocenters. The highest BCUT2D eigenvalue weighted by molar-refractivity contribution is 6.29. The number of rotatable bonds is 4. The number of hydrogen-bond donors (Lipinski definition) is 0. The van der Waals surface area contributed by atoms with Crippen LogP contribution in [-0.4, -0.2) is 28.5 Å². The molecule has 3 aromatic heterocycles. The summed E-state index contributed by atoms with van der Waals surface area (Å²) in [6.45, 7) is 0.264. The SMILES string of the molecule is Cn1c(=O)c2c(nc(Cl)n2Cc2cn(-c3ccccc3)nc2-c2ccccc2)n(C)c1=O. The van der Waals surface area contributed by atoms with Crippen LogP contribution in [-0.2, 0) is 20.6 Å². The summed E-state index contributed by atoms with van der Waals surface area (Å²) < 4.78 is 5.81. The first-order chi connectivity index (χ1) is 15.5. The second kappa shape index (κ2) is 7.65. The fourth-order valence-corrected chi connectivity index (χ4v) is 4.04. The van der Waals surface area contributed by atoms with E-state index in [9.17, 15) is 9.59 Å². The Morgan fingerprint density at radius 2 is 1.56 bits per heavy atom. The average Bonchev–Trinajstić information content (AvgIpc) is 3.39. The largest absolute Gasteiger partial charge is 0.332 e. The standard InChI is InChI=1S/C23H19ClN6O2/c1-27-20-19(21(31)28(2)23(27)32)29(22(24)25-20)13-16-14-30(17-11-7-4-8-12-17)26-18(16)15-9-5-3-6-10-15/h3-12,14H,13H2,1-2H3. The van der Waals surface area contributed by atoms with Crippen molar-refractivity contribution in [2.45, 2.75) is 6.54 Å². The lowest BCUT2D eigenvalue weighted by atomic mass is 10.1. The van der Waals surface area contributed by atoms with Crippen molar-refractivity contribution in [2.24, 2.45) is 14.1 Å². The molecule has 0 aliphatic rings. The van der Waals surface area contributed by atoms with E-state index in [1.165, 1.54) is 11.6 Å². The van der Waals surface area contributed by atoms with Crippen LogP contribution in [0.2, 0.25) is 5.28 Å². The van der Waals surface area contributed by atoms with Gasteiger partial charge in [-0.1, -0.05) is 48.5 Å². The van der Waals surface area contributed by atoms with Crippen molar-refractivity contribution in [1.29, 1.82) is 0 Å². The van der Waals surface area contributed by atoms with Gasteiger partial charge in [0.05, 0.1) is 17.9 Å². The molecule has 0 saturated heterocycles. The van der Waals surface area contributed by atoms with Gasteiger partial charge in [-0.3, -0.25) is 13.9 Å². The number of nitrogens with zero attached hydrogens (tertiary/aromatic N) is 6. The van der Waals surface area contributed by atoms with E-state index in [0.29, 0.717) is 0 Å². The van der Waals surface area contributed by atoms with Gasteiger partial charge in [0.15, 0.2) is 11.2 Å². The van der Waals surface area contributed by atoms with Crippen LogP contribution in [0.4, 0.5) is 0 Å².